The molecular formula is C19H22N2O3. The molecule has 0 radical (unpaired) electrons. The van der Waals surface area contributed by atoms with Crippen LogP contribution in [0, 0.1) is 5.41 Å². The molecule has 2 rings (SSSR count). The topological polar surface area (TPSA) is 67.4 Å². The van der Waals surface area contributed by atoms with Crippen molar-refractivity contribution < 1.29 is 14.3 Å². The van der Waals surface area contributed by atoms with Crippen LogP contribution >= 0.6 is 0 Å². The molecule has 0 saturated heterocycles. The zero-order chi connectivity index (χ0) is 17.6. The van der Waals surface area contributed by atoms with Gasteiger partial charge >= 0.3 is 5.97 Å². The van der Waals surface area contributed by atoms with Crippen LogP contribution in [-0.4, -0.2) is 19.0 Å². The highest BCUT2D eigenvalue weighted by Gasteiger charge is 2.39. The van der Waals surface area contributed by atoms with Crippen LogP contribution in [0.2, 0.25) is 0 Å². The largest absolute Gasteiger partial charge is 0.469 e. The molecule has 24 heavy (non-hydrogen) atoms. The number of hydrazine groups is 1. The summed E-state index contributed by atoms with van der Waals surface area (Å²) in [5, 5.41) is 0. The van der Waals surface area contributed by atoms with Crippen LogP contribution in [0.1, 0.15) is 35.8 Å². The highest BCUT2D eigenvalue weighted by Crippen LogP contribution is 2.34. The zero-order valence-corrected chi connectivity index (χ0v) is 14.1. The van der Waals surface area contributed by atoms with E-state index >= 15 is 0 Å². The summed E-state index contributed by atoms with van der Waals surface area (Å²) >= 11 is 0. The Hall–Kier alpha value is -2.66. The van der Waals surface area contributed by atoms with E-state index in [-0.39, 0.29) is 11.9 Å². The molecule has 0 spiro atoms. The summed E-state index contributed by atoms with van der Waals surface area (Å²) in [4.78, 5) is 24.4. The van der Waals surface area contributed by atoms with Crippen molar-refractivity contribution in [3.05, 3.63) is 71.8 Å². The number of carbonyl (C=O) groups excluding carboxylic acids is 2. The van der Waals surface area contributed by atoms with Crippen LogP contribution in [0.15, 0.2) is 60.7 Å². The van der Waals surface area contributed by atoms with Gasteiger partial charge in [-0.3, -0.25) is 15.0 Å². The van der Waals surface area contributed by atoms with Crippen LogP contribution in [-0.2, 0) is 9.53 Å². The third-order valence-corrected chi connectivity index (χ3v) is 3.93. The smallest absolute Gasteiger partial charge is 0.313 e. The number of esters is 1. The van der Waals surface area contributed by atoms with E-state index in [0.717, 1.165) is 5.56 Å². The molecule has 0 fully saturated rings. The Morgan fingerprint density at radius 2 is 1.50 bits per heavy atom. The molecule has 1 unspecified atom stereocenters. The first kappa shape index (κ1) is 17.7. The highest BCUT2D eigenvalue weighted by atomic mass is 16.5. The summed E-state index contributed by atoms with van der Waals surface area (Å²) < 4.78 is 4.92. The van der Waals surface area contributed by atoms with E-state index < -0.39 is 11.5 Å². The van der Waals surface area contributed by atoms with Crippen LogP contribution in [0.3, 0.4) is 0 Å². The predicted octanol–water partition coefficient (Wildman–Crippen LogP) is 2.86. The molecule has 5 nitrogen and oxygen atoms in total. The second-order valence-corrected chi connectivity index (χ2v) is 6.02. The molecule has 2 aromatic rings. The van der Waals surface area contributed by atoms with Crippen LogP contribution in [0.5, 0.6) is 0 Å². The average molecular weight is 326 g/mol. The van der Waals surface area contributed by atoms with Gasteiger partial charge < -0.3 is 4.74 Å². The maximum absolute atomic E-state index is 12.3. The number of ether oxygens (including phenoxy) is 1. The van der Waals surface area contributed by atoms with Crippen molar-refractivity contribution in [1.82, 2.24) is 10.9 Å². The molecule has 1 amide bonds. The van der Waals surface area contributed by atoms with Crippen molar-refractivity contribution in [3.8, 4) is 0 Å². The Kier molecular flexibility index (Phi) is 5.71. The molecule has 0 heterocycles. The van der Waals surface area contributed by atoms with Gasteiger partial charge in [0.25, 0.3) is 5.91 Å². The predicted molar refractivity (Wildman–Crippen MR) is 92.0 cm³/mol. The number of hydrogen-bond donors (Lipinski definition) is 2. The lowest BCUT2D eigenvalue weighted by molar-refractivity contribution is -0.152. The molecule has 0 aliphatic heterocycles. The monoisotopic (exact) mass is 326 g/mol. The summed E-state index contributed by atoms with van der Waals surface area (Å²) in [6.45, 7) is 3.55. The minimum Gasteiger partial charge on any atom is -0.469 e. The SMILES string of the molecule is COC(=O)C(C)(C)C(NNC(=O)c1ccccc1)c1ccccc1. The van der Waals surface area contributed by atoms with Gasteiger partial charge in [-0.1, -0.05) is 48.5 Å². The first-order valence-corrected chi connectivity index (χ1v) is 7.71. The van der Waals surface area contributed by atoms with Gasteiger partial charge in [0.1, 0.15) is 0 Å². The molecule has 0 aliphatic carbocycles. The number of nitrogens with one attached hydrogen (secondary N) is 2. The Morgan fingerprint density at radius 1 is 0.958 bits per heavy atom. The molecule has 0 saturated carbocycles. The van der Waals surface area contributed by atoms with Gasteiger partial charge in [-0.05, 0) is 31.5 Å². The van der Waals surface area contributed by atoms with E-state index in [9.17, 15) is 9.59 Å². The standard InChI is InChI=1S/C19H22N2O3/c1-19(2,18(23)24-3)16(14-10-6-4-7-11-14)20-21-17(22)15-12-8-5-9-13-15/h4-13,16,20H,1-3H3,(H,21,22). The van der Waals surface area contributed by atoms with Crippen molar-refractivity contribution in [1.29, 1.82) is 0 Å². The summed E-state index contributed by atoms with van der Waals surface area (Å²) in [7, 11) is 1.36. The number of amides is 1. The maximum Gasteiger partial charge on any atom is 0.313 e. The average Bonchev–Trinajstić information content (AvgIpc) is 2.62. The Bertz CT molecular complexity index is 684. The fraction of sp³-hybridized carbons (Fsp3) is 0.263. The normalized spacial score (nSPS) is 12.3. The van der Waals surface area contributed by atoms with Crippen LogP contribution in [0.25, 0.3) is 0 Å². The van der Waals surface area contributed by atoms with E-state index in [1.165, 1.54) is 7.11 Å². The fourth-order valence-electron chi connectivity index (χ4n) is 2.51. The summed E-state index contributed by atoms with van der Waals surface area (Å²) in [6, 6.07) is 17.9. The second kappa shape index (κ2) is 7.75. The van der Waals surface area contributed by atoms with E-state index in [1.54, 1.807) is 38.1 Å². The van der Waals surface area contributed by atoms with Crippen molar-refractivity contribution in [2.75, 3.05) is 7.11 Å². The first-order valence-electron chi connectivity index (χ1n) is 7.71. The number of carbonyl (C=O) groups is 2. The van der Waals surface area contributed by atoms with Gasteiger partial charge in [-0.25, -0.2) is 5.43 Å². The van der Waals surface area contributed by atoms with Gasteiger partial charge in [0.05, 0.1) is 18.6 Å². The van der Waals surface area contributed by atoms with E-state index in [0.29, 0.717) is 5.56 Å². The molecule has 0 bridgehead atoms. The quantitative estimate of drug-likeness (QED) is 0.633. The lowest BCUT2D eigenvalue weighted by Crippen LogP contribution is -2.48. The van der Waals surface area contributed by atoms with Crippen molar-refractivity contribution in [3.63, 3.8) is 0 Å². The summed E-state index contributed by atoms with van der Waals surface area (Å²) in [6.07, 6.45) is 0. The zero-order valence-electron chi connectivity index (χ0n) is 14.1. The Balaban J connectivity index is 2.21. The number of hydrogen-bond acceptors (Lipinski definition) is 4. The molecule has 0 aromatic heterocycles. The minimum atomic E-state index is -0.875. The molecular weight excluding hydrogens is 304 g/mol. The molecule has 126 valence electrons. The lowest BCUT2D eigenvalue weighted by Gasteiger charge is -2.32. The molecule has 2 aromatic carbocycles. The third-order valence-electron chi connectivity index (χ3n) is 3.93. The third kappa shape index (κ3) is 4.00. The molecule has 1 atom stereocenters. The molecule has 5 heteroatoms. The van der Waals surface area contributed by atoms with Gasteiger partial charge in [0.15, 0.2) is 0 Å². The highest BCUT2D eigenvalue weighted by molar-refractivity contribution is 5.93. The first-order chi connectivity index (χ1) is 11.5. The van der Waals surface area contributed by atoms with Crippen molar-refractivity contribution in [2.24, 2.45) is 5.41 Å². The summed E-state index contributed by atoms with van der Waals surface area (Å²) in [5.74, 6) is -0.630. The maximum atomic E-state index is 12.3. The lowest BCUT2D eigenvalue weighted by atomic mass is 9.81. The molecule has 0 aliphatic rings. The van der Waals surface area contributed by atoms with Gasteiger partial charge in [-0.15, -0.1) is 0 Å². The van der Waals surface area contributed by atoms with E-state index in [2.05, 4.69) is 10.9 Å². The number of benzene rings is 2. The van der Waals surface area contributed by atoms with Crippen molar-refractivity contribution >= 4 is 11.9 Å². The fourth-order valence-corrected chi connectivity index (χ4v) is 2.51. The van der Waals surface area contributed by atoms with Crippen LogP contribution < -0.4 is 10.9 Å². The molecule has 2 N–H and O–H groups in total. The van der Waals surface area contributed by atoms with Crippen molar-refractivity contribution in [2.45, 2.75) is 19.9 Å². The number of rotatable bonds is 6. The number of methoxy groups -OCH3 is 1. The van der Waals surface area contributed by atoms with Gasteiger partial charge in [0.2, 0.25) is 0 Å². The van der Waals surface area contributed by atoms with E-state index in [4.69, 9.17) is 4.74 Å². The minimum absolute atomic E-state index is 0.266. The Morgan fingerprint density at radius 3 is 2.04 bits per heavy atom. The van der Waals surface area contributed by atoms with E-state index in [1.807, 2.05) is 36.4 Å². The van der Waals surface area contributed by atoms with Gasteiger partial charge in [-0.2, -0.15) is 0 Å². The summed E-state index contributed by atoms with van der Waals surface area (Å²) in [5.41, 5.74) is 6.21. The second-order valence-electron chi connectivity index (χ2n) is 6.02. The van der Waals surface area contributed by atoms with Crippen LogP contribution in [0.4, 0.5) is 0 Å². The van der Waals surface area contributed by atoms with Gasteiger partial charge in [0, 0.05) is 5.56 Å². The Labute approximate surface area is 142 Å².